The van der Waals surface area contributed by atoms with Crippen LogP contribution in [0.3, 0.4) is 0 Å². The first-order valence-electron chi connectivity index (χ1n) is 7.98. The molecule has 0 unspecified atom stereocenters. The van der Waals surface area contributed by atoms with Crippen molar-refractivity contribution in [1.29, 1.82) is 0 Å². The maximum absolute atomic E-state index is 13.6. The van der Waals surface area contributed by atoms with E-state index >= 15 is 0 Å². The summed E-state index contributed by atoms with van der Waals surface area (Å²) in [6, 6.07) is 8.61. The lowest BCUT2D eigenvalue weighted by Gasteiger charge is -2.32. The molecular formula is C18H17Cl2F3N2O. The Bertz CT molecular complexity index is 808. The number of aryl methyl sites for hydroxylation is 1. The van der Waals surface area contributed by atoms with Gasteiger partial charge in [-0.2, -0.15) is 13.2 Å². The molecule has 2 aromatic carbocycles. The summed E-state index contributed by atoms with van der Waals surface area (Å²) in [5, 5.41) is 13.1. The highest BCUT2D eigenvalue weighted by Gasteiger charge is 2.55. The van der Waals surface area contributed by atoms with Crippen molar-refractivity contribution in [3.8, 4) is 0 Å². The second kappa shape index (κ2) is 6.93. The molecule has 0 fully saturated rings. The largest absolute Gasteiger partial charge is 0.423 e. The number of benzene rings is 2. The van der Waals surface area contributed by atoms with Crippen LogP contribution in [0, 0.1) is 0 Å². The summed E-state index contributed by atoms with van der Waals surface area (Å²) in [4.78, 5) is 0. The number of alkyl halides is 3. The molecule has 140 valence electrons. The normalized spacial score (nSPS) is 19.1. The molecule has 2 atom stereocenters. The van der Waals surface area contributed by atoms with Gasteiger partial charge in [-0.15, -0.1) is 0 Å². The van der Waals surface area contributed by atoms with E-state index in [4.69, 9.17) is 28.9 Å². The summed E-state index contributed by atoms with van der Waals surface area (Å²) >= 11 is 11.6. The summed E-state index contributed by atoms with van der Waals surface area (Å²) in [6.07, 6.45) is -3.33. The van der Waals surface area contributed by atoms with Gasteiger partial charge in [-0.3, -0.25) is 0 Å². The minimum absolute atomic E-state index is 0.0155. The molecule has 0 aromatic heterocycles. The van der Waals surface area contributed by atoms with E-state index in [1.165, 1.54) is 6.07 Å². The number of anilines is 1. The number of fused-ring (bicyclic) bond motifs is 1. The molecule has 26 heavy (non-hydrogen) atoms. The highest BCUT2D eigenvalue weighted by molar-refractivity contribution is 6.34. The monoisotopic (exact) mass is 404 g/mol. The van der Waals surface area contributed by atoms with Gasteiger partial charge in [0.2, 0.25) is 5.60 Å². The van der Waals surface area contributed by atoms with Crippen LogP contribution in [0.25, 0.3) is 0 Å². The predicted molar refractivity (Wildman–Crippen MR) is 96.6 cm³/mol. The van der Waals surface area contributed by atoms with E-state index < -0.39 is 23.9 Å². The predicted octanol–water partition coefficient (Wildman–Crippen LogP) is 4.80. The van der Waals surface area contributed by atoms with Crippen molar-refractivity contribution in [1.82, 2.24) is 0 Å². The van der Waals surface area contributed by atoms with Crippen LogP contribution in [0.5, 0.6) is 0 Å². The minimum atomic E-state index is -4.92. The fourth-order valence-electron chi connectivity index (χ4n) is 3.15. The van der Waals surface area contributed by atoms with Gasteiger partial charge in [0.25, 0.3) is 0 Å². The molecule has 0 saturated heterocycles. The molecule has 1 aliphatic rings. The van der Waals surface area contributed by atoms with E-state index in [1.54, 1.807) is 18.2 Å². The molecule has 2 aromatic rings. The molecule has 0 aliphatic heterocycles. The summed E-state index contributed by atoms with van der Waals surface area (Å²) in [5.74, 6) is 0. The fourth-order valence-corrected chi connectivity index (χ4v) is 3.68. The van der Waals surface area contributed by atoms with Crippen LogP contribution in [0.1, 0.15) is 29.2 Å². The summed E-state index contributed by atoms with van der Waals surface area (Å²) in [5.41, 5.74) is 4.89. The maximum atomic E-state index is 13.6. The second-order valence-corrected chi connectivity index (χ2v) is 7.30. The average molecular weight is 405 g/mol. The molecule has 8 heteroatoms. The Kier molecular flexibility index (Phi) is 5.14. The van der Waals surface area contributed by atoms with Gasteiger partial charge in [0, 0.05) is 21.8 Å². The summed E-state index contributed by atoms with van der Waals surface area (Å²) in [6.45, 7) is -0.780. The Morgan fingerprint density at radius 2 is 1.77 bits per heavy atom. The van der Waals surface area contributed by atoms with Gasteiger partial charge in [-0.25, -0.2) is 0 Å². The first kappa shape index (κ1) is 19.3. The highest BCUT2D eigenvalue weighted by atomic mass is 35.5. The van der Waals surface area contributed by atoms with Crippen molar-refractivity contribution >= 4 is 28.9 Å². The number of rotatable bonds is 4. The molecule has 3 nitrogen and oxygen atoms in total. The van der Waals surface area contributed by atoms with Crippen LogP contribution >= 0.6 is 23.2 Å². The number of hydrogen-bond acceptors (Lipinski definition) is 3. The Hall–Kier alpha value is -1.47. The molecular weight excluding hydrogens is 388 g/mol. The zero-order chi connectivity index (χ0) is 19.1. The maximum Gasteiger partial charge on any atom is 0.423 e. The van der Waals surface area contributed by atoms with Gasteiger partial charge in [-0.05, 0) is 59.9 Å². The van der Waals surface area contributed by atoms with E-state index in [0.29, 0.717) is 5.69 Å². The molecule has 3 rings (SSSR count). The van der Waals surface area contributed by atoms with E-state index in [0.717, 1.165) is 36.1 Å². The van der Waals surface area contributed by atoms with Gasteiger partial charge in [0.05, 0.1) is 6.54 Å². The van der Waals surface area contributed by atoms with E-state index in [-0.39, 0.29) is 16.1 Å². The molecule has 0 spiro atoms. The van der Waals surface area contributed by atoms with Crippen molar-refractivity contribution in [2.45, 2.75) is 30.7 Å². The SMILES string of the molecule is N[C@H]1CCc2cc(NC[C@](O)(c3cc(Cl)cc(Cl)c3)C(F)(F)F)ccc21. The third kappa shape index (κ3) is 3.64. The zero-order valence-corrected chi connectivity index (χ0v) is 15.1. The van der Waals surface area contributed by atoms with Crippen molar-refractivity contribution in [3.05, 3.63) is 63.1 Å². The van der Waals surface area contributed by atoms with Gasteiger partial charge >= 0.3 is 6.18 Å². The standard InChI is InChI=1S/C18H17Cl2F3N2O/c19-12-6-11(7-13(20)8-12)17(26,18(21,22)23)9-25-14-2-3-15-10(5-14)1-4-16(15)24/h2-3,5-8,16,25-26H,1,4,9,24H2/t16-,17-/m0/s1. The summed E-state index contributed by atoms with van der Waals surface area (Å²) < 4.78 is 40.9. The van der Waals surface area contributed by atoms with Crippen molar-refractivity contribution in [3.63, 3.8) is 0 Å². The molecule has 0 amide bonds. The molecule has 0 saturated carbocycles. The first-order valence-corrected chi connectivity index (χ1v) is 8.74. The van der Waals surface area contributed by atoms with Crippen molar-refractivity contribution < 1.29 is 18.3 Å². The molecule has 0 heterocycles. The van der Waals surface area contributed by atoms with Crippen LogP contribution < -0.4 is 11.1 Å². The highest BCUT2D eigenvalue weighted by Crippen LogP contribution is 2.41. The molecule has 4 N–H and O–H groups in total. The fraction of sp³-hybridized carbons (Fsp3) is 0.333. The van der Waals surface area contributed by atoms with Crippen LogP contribution in [-0.4, -0.2) is 17.8 Å². The molecule has 0 radical (unpaired) electrons. The van der Waals surface area contributed by atoms with Gasteiger partial charge < -0.3 is 16.2 Å². The number of halogens is 5. The number of nitrogens with one attached hydrogen (secondary N) is 1. The lowest BCUT2D eigenvalue weighted by molar-refractivity contribution is -0.260. The Morgan fingerprint density at radius 1 is 1.12 bits per heavy atom. The number of aliphatic hydroxyl groups is 1. The Balaban J connectivity index is 1.88. The van der Waals surface area contributed by atoms with E-state index in [1.807, 2.05) is 0 Å². The second-order valence-electron chi connectivity index (χ2n) is 6.43. The molecule has 1 aliphatic carbocycles. The number of hydrogen-bond donors (Lipinski definition) is 3. The Labute approximate surface area is 158 Å². The van der Waals surface area contributed by atoms with Gasteiger partial charge in [0.15, 0.2) is 0 Å². The van der Waals surface area contributed by atoms with Crippen LogP contribution in [0.2, 0.25) is 10.0 Å². The van der Waals surface area contributed by atoms with Crippen LogP contribution in [-0.2, 0) is 12.0 Å². The Morgan fingerprint density at radius 3 is 2.38 bits per heavy atom. The van der Waals surface area contributed by atoms with E-state index in [9.17, 15) is 18.3 Å². The van der Waals surface area contributed by atoms with Crippen molar-refractivity contribution in [2.24, 2.45) is 5.73 Å². The third-order valence-corrected chi connectivity index (χ3v) is 5.06. The summed E-state index contributed by atoms with van der Waals surface area (Å²) in [7, 11) is 0. The van der Waals surface area contributed by atoms with Crippen LogP contribution in [0.15, 0.2) is 36.4 Å². The van der Waals surface area contributed by atoms with E-state index in [2.05, 4.69) is 5.32 Å². The van der Waals surface area contributed by atoms with Crippen LogP contribution in [0.4, 0.5) is 18.9 Å². The van der Waals surface area contributed by atoms with Gasteiger partial charge in [-0.1, -0.05) is 29.3 Å². The number of nitrogens with two attached hydrogens (primary N) is 1. The minimum Gasteiger partial charge on any atom is -0.381 e. The third-order valence-electron chi connectivity index (χ3n) is 4.62. The molecule has 0 bridgehead atoms. The average Bonchev–Trinajstić information content (AvgIpc) is 2.91. The first-order chi connectivity index (χ1) is 12.1. The quantitative estimate of drug-likeness (QED) is 0.685. The lowest BCUT2D eigenvalue weighted by Crippen LogP contribution is -2.47. The zero-order valence-electron chi connectivity index (χ0n) is 13.6. The van der Waals surface area contributed by atoms with Gasteiger partial charge in [0.1, 0.15) is 0 Å². The topological polar surface area (TPSA) is 58.3 Å². The van der Waals surface area contributed by atoms with Crippen molar-refractivity contribution in [2.75, 3.05) is 11.9 Å². The lowest BCUT2D eigenvalue weighted by atomic mass is 9.92. The smallest absolute Gasteiger partial charge is 0.381 e.